The van der Waals surface area contributed by atoms with Gasteiger partial charge in [0.2, 0.25) is 5.91 Å². The van der Waals surface area contributed by atoms with Gasteiger partial charge in [0.05, 0.1) is 17.6 Å². The molecule has 0 fully saturated rings. The van der Waals surface area contributed by atoms with Gasteiger partial charge in [0.25, 0.3) is 5.91 Å². The fourth-order valence-corrected chi connectivity index (χ4v) is 3.33. The number of carbonyl (C=O) groups excluding carboxylic acids is 2. The smallest absolute Gasteiger partial charge is 0.251 e. The van der Waals surface area contributed by atoms with E-state index < -0.39 is 0 Å². The second-order valence-corrected chi connectivity index (χ2v) is 7.01. The summed E-state index contributed by atoms with van der Waals surface area (Å²) in [5, 5.41) is 5.85. The molecule has 150 valence electrons. The summed E-state index contributed by atoms with van der Waals surface area (Å²) in [6.45, 7) is 2.28. The summed E-state index contributed by atoms with van der Waals surface area (Å²) in [6, 6.07) is 24.3. The van der Waals surface area contributed by atoms with E-state index in [0.29, 0.717) is 11.4 Å². The van der Waals surface area contributed by atoms with Crippen molar-refractivity contribution >= 4 is 28.5 Å². The van der Waals surface area contributed by atoms with Gasteiger partial charge >= 0.3 is 0 Å². The molecule has 0 saturated carbocycles. The molecule has 0 saturated heterocycles. The van der Waals surface area contributed by atoms with Crippen LogP contribution in [-0.4, -0.2) is 21.4 Å². The van der Waals surface area contributed by atoms with Crippen molar-refractivity contribution in [2.24, 2.45) is 0 Å². The molecule has 0 aliphatic heterocycles. The summed E-state index contributed by atoms with van der Waals surface area (Å²) in [6.07, 6.45) is 0. The number of aryl methyl sites for hydroxylation is 1. The molecule has 1 aromatic heterocycles. The number of hydrogen-bond acceptors (Lipinski definition) is 3. The van der Waals surface area contributed by atoms with Crippen LogP contribution in [0.1, 0.15) is 21.7 Å². The highest BCUT2D eigenvalue weighted by molar-refractivity contribution is 5.94. The van der Waals surface area contributed by atoms with E-state index in [4.69, 9.17) is 0 Å². The number of para-hydroxylation sites is 3. The number of hydrogen-bond donors (Lipinski definition) is 2. The molecule has 4 aromatic rings. The SMILES string of the molecule is Cc1ccccc1NC(=O)Cn1c(CNC(=O)c2ccccc2)nc2ccccc21. The first-order valence-electron chi connectivity index (χ1n) is 9.74. The van der Waals surface area contributed by atoms with Gasteiger partial charge in [-0.05, 0) is 42.8 Å². The van der Waals surface area contributed by atoms with E-state index in [9.17, 15) is 9.59 Å². The number of aromatic nitrogens is 2. The van der Waals surface area contributed by atoms with Crippen molar-refractivity contribution in [1.82, 2.24) is 14.9 Å². The lowest BCUT2D eigenvalue weighted by Gasteiger charge is -2.12. The van der Waals surface area contributed by atoms with Crippen LogP contribution in [0.4, 0.5) is 5.69 Å². The van der Waals surface area contributed by atoms with Gasteiger partial charge in [-0.3, -0.25) is 9.59 Å². The highest BCUT2D eigenvalue weighted by atomic mass is 16.2. The van der Waals surface area contributed by atoms with E-state index in [2.05, 4.69) is 15.6 Å². The molecule has 0 spiro atoms. The number of fused-ring (bicyclic) bond motifs is 1. The van der Waals surface area contributed by atoms with Crippen molar-refractivity contribution in [3.8, 4) is 0 Å². The summed E-state index contributed by atoms with van der Waals surface area (Å²) in [5.74, 6) is 0.294. The molecular formula is C24H22N4O2. The molecule has 0 bridgehead atoms. The lowest BCUT2D eigenvalue weighted by Crippen LogP contribution is -2.26. The van der Waals surface area contributed by atoms with Crippen LogP contribution in [0.2, 0.25) is 0 Å². The molecule has 0 aliphatic rings. The fourth-order valence-electron chi connectivity index (χ4n) is 3.33. The van der Waals surface area contributed by atoms with Crippen LogP contribution in [0.3, 0.4) is 0 Å². The molecule has 0 atom stereocenters. The van der Waals surface area contributed by atoms with Crippen molar-refractivity contribution in [2.75, 3.05) is 5.32 Å². The number of anilines is 1. The van der Waals surface area contributed by atoms with Gasteiger partial charge in [-0.25, -0.2) is 4.98 Å². The zero-order valence-electron chi connectivity index (χ0n) is 16.6. The number of imidazole rings is 1. The van der Waals surface area contributed by atoms with E-state index in [1.54, 1.807) is 12.1 Å². The van der Waals surface area contributed by atoms with Crippen LogP contribution in [0.25, 0.3) is 11.0 Å². The first-order valence-corrected chi connectivity index (χ1v) is 9.74. The van der Waals surface area contributed by atoms with Gasteiger partial charge in [0.1, 0.15) is 12.4 Å². The number of carbonyl (C=O) groups is 2. The Labute approximate surface area is 174 Å². The van der Waals surface area contributed by atoms with E-state index in [0.717, 1.165) is 22.3 Å². The topological polar surface area (TPSA) is 76.0 Å². The molecule has 30 heavy (non-hydrogen) atoms. The van der Waals surface area contributed by atoms with Crippen LogP contribution in [0, 0.1) is 6.92 Å². The quantitative estimate of drug-likeness (QED) is 0.517. The predicted molar refractivity (Wildman–Crippen MR) is 117 cm³/mol. The molecule has 0 unspecified atom stereocenters. The summed E-state index contributed by atoms with van der Waals surface area (Å²) < 4.78 is 1.84. The minimum atomic E-state index is -0.182. The molecular weight excluding hydrogens is 376 g/mol. The number of nitrogens with one attached hydrogen (secondary N) is 2. The van der Waals surface area contributed by atoms with Crippen molar-refractivity contribution < 1.29 is 9.59 Å². The highest BCUT2D eigenvalue weighted by Gasteiger charge is 2.15. The third kappa shape index (κ3) is 4.22. The first-order chi connectivity index (χ1) is 14.6. The minimum absolute atomic E-state index is 0.103. The highest BCUT2D eigenvalue weighted by Crippen LogP contribution is 2.18. The summed E-state index contributed by atoms with van der Waals surface area (Å²) in [7, 11) is 0. The zero-order valence-corrected chi connectivity index (χ0v) is 16.6. The van der Waals surface area contributed by atoms with Gasteiger partial charge in [-0.1, -0.05) is 48.5 Å². The molecule has 0 aliphatic carbocycles. The second kappa shape index (κ2) is 8.61. The Morgan fingerprint density at radius 2 is 1.60 bits per heavy atom. The maximum absolute atomic E-state index is 12.7. The summed E-state index contributed by atoms with van der Waals surface area (Å²) in [4.78, 5) is 29.8. The van der Waals surface area contributed by atoms with Crippen LogP contribution < -0.4 is 10.6 Å². The van der Waals surface area contributed by atoms with Gasteiger partial charge in [0.15, 0.2) is 0 Å². The Kier molecular flexibility index (Phi) is 5.57. The Bertz CT molecular complexity index is 1200. The summed E-state index contributed by atoms with van der Waals surface area (Å²) >= 11 is 0. The molecule has 2 N–H and O–H groups in total. The lowest BCUT2D eigenvalue weighted by molar-refractivity contribution is -0.116. The van der Waals surface area contributed by atoms with E-state index in [1.807, 2.05) is 78.2 Å². The largest absolute Gasteiger partial charge is 0.345 e. The van der Waals surface area contributed by atoms with E-state index in [1.165, 1.54) is 0 Å². The van der Waals surface area contributed by atoms with Gasteiger partial charge in [-0.2, -0.15) is 0 Å². The number of benzene rings is 3. The fraction of sp³-hybridized carbons (Fsp3) is 0.125. The van der Waals surface area contributed by atoms with Gasteiger partial charge < -0.3 is 15.2 Å². The molecule has 6 heteroatoms. The van der Waals surface area contributed by atoms with Crippen molar-refractivity contribution in [3.63, 3.8) is 0 Å². The van der Waals surface area contributed by atoms with E-state index >= 15 is 0 Å². The number of amides is 2. The van der Waals surface area contributed by atoms with Crippen molar-refractivity contribution in [2.45, 2.75) is 20.0 Å². The van der Waals surface area contributed by atoms with Crippen LogP contribution >= 0.6 is 0 Å². The zero-order chi connectivity index (χ0) is 20.9. The third-order valence-electron chi connectivity index (χ3n) is 4.90. The average Bonchev–Trinajstić information content (AvgIpc) is 3.11. The standard InChI is InChI=1S/C24H22N4O2/c1-17-9-5-6-12-19(17)27-23(29)16-28-21-14-8-7-13-20(21)26-22(28)15-25-24(30)18-10-3-2-4-11-18/h2-14H,15-16H2,1H3,(H,25,30)(H,27,29). The lowest BCUT2D eigenvalue weighted by atomic mass is 10.2. The molecule has 6 nitrogen and oxygen atoms in total. The van der Waals surface area contributed by atoms with Crippen LogP contribution in [0.15, 0.2) is 78.9 Å². The van der Waals surface area contributed by atoms with Crippen molar-refractivity contribution in [1.29, 1.82) is 0 Å². The molecule has 2 amide bonds. The molecule has 1 heterocycles. The minimum Gasteiger partial charge on any atom is -0.345 e. The molecule has 3 aromatic carbocycles. The normalized spacial score (nSPS) is 10.7. The van der Waals surface area contributed by atoms with Crippen molar-refractivity contribution in [3.05, 3.63) is 95.8 Å². The average molecular weight is 398 g/mol. The second-order valence-electron chi connectivity index (χ2n) is 7.01. The molecule has 4 rings (SSSR count). The van der Waals surface area contributed by atoms with E-state index in [-0.39, 0.29) is 24.9 Å². The monoisotopic (exact) mass is 398 g/mol. The maximum Gasteiger partial charge on any atom is 0.251 e. The maximum atomic E-state index is 12.7. The Balaban J connectivity index is 1.55. The summed E-state index contributed by atoms with van der Waals surface area (Å²) in [5.41, 5.74) is 3.99. The van der Waals surface area contributed by atoms with Crippen LogP contribution in [-0.2, 0) is 17.9 Å². The Morgan fingerprint density at radius 3 is 2.40 bits per heavy atom. The molecule has 0 radical (unpaired) electrons. The number of rotatable bonds is 6. The van der Waals surface area contributed by atoms with Crippen LogP contribution in [0.5, 0.6) is 0 Å². The third-order valence-corrected chi connectivity index (χ3v) is 4.90. The number of nitrogens with zero attached hydrogens (tertiary/aromatic N) is 2. The Morgan fingerprint density at radius 1 is 0.900 bits per heavy atom. The predicted octanol–water partition coefficient (Wildman–Crippen LogP) is 3.91. The Hall–Kier alpha value is -3.93. The van der Waals surface area contributed by atoms with Gasteiger partial charge in [0, 0.05) is 11.3 Å². The first kappa shape index (κ1) is 19.4. The van der Waals surface area contributed by atoms with Gasteiger partial charge in [-0.15, -0.1) is 0 Å².